The van der Waals surface area contributed by atoms with Crippen molar-refractivity contribution in [1.82, 2.24) is 10.3 Å². The van der Waals surface area contributed by atoms with Gasteiger partial charge in [-0.1, -0.05) is 41.9 Å². The zero-order valence-electron chi connectivity index (χ0n) is 15.5. The predicted molar refractivity (Wildman–Crippen MR) is 112 cm³/mol. The first kappa shape index (κ1) is 19.6. The van der Waals surface area contributed by atoms with Crippen LogP contribution >= 0.6 is 11.6 Å². The molecule has 1 atom stereocenters. The zero-order valence-corrected chi connectivity index (χ0v) is 16.3. The van der Waals surface area contributed by atoms with Gasteiger partial charge in [0.1, 0.15) is 12.4 Å². The molecule has 4 nitrogen and oxygen atoms in total. The van der Waals surface area contributed by atoms with Crippen molar-refractivity contribution < 1.29 is 9.53 Å². The third-order valence-electron chi connectivity index (χ3n) is 4.14. The average molecular weight is 393 g/mol. The molecule has 0 bridgehead atoms. The predicted octanol–water partition coefficient (Wildman–Crippen LogP) is 5.20. The van der Waals surface area contributed by atoms with Gasteiger partial charge >= 0.3 is 0 Å². The highest BCUT2D eigenvalue weighted by Crippen LogP contribution is 2.19. The number of halogens is 1. The number of aromatic nitrogens is 1. The van der Waals surface area contributed by atoms with Crippen molar-refractivity contribution in [1.29, 1.82) is 0 Å². The van der Waals surface area contributed by atoms with Gasteiger partial charge in [-0.05, 0) is 54.5 Å². The van der Waals surface area contributed by atoms with Crippen molar-refractivity contribution in [3.05, 3.63) is 101 Å². The third-order valence-corrected chi connectivity index (χ3v) is 4.38. The number of rotatable bonds is 7. The smallest absolute Gasteiger partial charge is 0.244 e. The fourth-order valence-electron chi connectivity index (χ4n) is 2.63. The van der Waals surface area contributed by atoms with Gasteiger partial charge in [-0.15, -0.1) is 0 Å². The second-order valence-electron chi connectivity index (χ2n) is 6.34. The SMILES string of the molecule is CC(NC(=O)/C=C/c1cccc(Cl)c1)c1ccc(OCc2cccnc2)cc1. The Hall–Kier alpha value is -3.11. The van der Waals surface area contributed by atoms with E-state index in [-0.39, 0.29) is 11.9 Å². The summed E-state index contributed by atoms with van der Waals surface area (Å²) in [5.74, 6) is 0.608. The number of nitrogens with one attached hydrogen (secondary N) is 1. The summed E-state index contributed by atoms with van der Waals surface area (Å²) >= 11 is 5.95. The van der Waals surface area contributed by atoms with Crippen LogP contribution in [0.2, 0.25) is 5.02 Å². The molecule has 0 aliphatic carbocycles. The van der Waals surface area contributed by atoms with E-state index in [4.69, 9.17) is 16.3 Å². The molecule has 0 aliphatic rings. The number of amides is 1. The molecular formula is C23H21ClN2O2. The van der Waals surface area contributed by atoms with E-state index in [9.17, 15) is 4.79 Å². The highest BCUT2D eigenvalue weighted by molar-refractivity contribution is 6.30. The van der Waals surface area contributed by atoms with E-state index in [1.54, 1.807) is 30.6 Å². The van der Waals surface area contributed by atoms with Crippen LogP contribution in [0.4, 0.5) is 0 Å². The monoisotopic (exact) mass is 392 g/mol. The van der Waals surface area contributed by atoms with Crippen LogP contribution in [0.15, 0.2) is 79.1 Å². The van der Waals surface area contributed by atoms with Crippen molar-refractivity contribution in [2.24, 2.45) is 0 Å². The van der Waals surface area contributed by atoms with Crippen molar-refractivity contribution in [2.45, 2.75) is 19.6 Å². The summed E-state index contributed by atoms with van der Waals surface area (Å²) in [6, 6.07) is 18.8. The molecule has 0 saturated heterocycles. The maximum absolute atomic E-state index is 12.1. The molecule has 0 aliphatic heterocycles. The lowest BCUT2D eigenvalue weighted by atomic mass is 10.1. The van der Waals surface area contributed by atoms with Crippen LogP contribution in [0, 0.1) is 0 Å². The van der Waals surface area contributed by atoms with Gasteiger partial charge in [-0.3, -0.25) is 9.78 Å². The minimum Gasteiger partial charge on any atom is -0.489 e. The van der Waals surface area contributed by atoms with E-state index < -0.39 is 0 Å². The molecule has 0 radical (unpaired) electrons. The molecule has 3 aromatic rings. The van der Waals surface area contributed by atoms with Gasteiger partial charge in [0.2, 0.25) is 5.91 Å². The molecule has 0 fully saturated rings. The first-order valence-electron chi connectivity index (χ1n) is 8.96. The topological polar surface area (TPSA) is 51.2 Å². The number of nitrogens with zero attached hydrogens (tertiary/aromatic N) is 1. The zero-order chi connectivity index (χ0) is 19.8. The van der Waals surface area contributed by atoms with Crippen molar-refractivity contribution in [3.8, 4) is 5.75 Å². The maximum atomic E-state index is 12.1. The maximum Gasteiger partial charge on any atom is 0.244 e. The summed E-state index contributed by atoms with van der Waals surface area (Å²) in [7, 11) is 0. The molecule has 5 heteroatoms. The Kier molecular flexibility index (Phi) is 6.82. The normalized spacial score (nSPS) is 11.9. The van der Waals surface area contributed by atoms with E-state index in [2.05, 4.69) is 10.3 Å². The number of carbonyl (C=O) groups is 1. The number of benzene rings is 2. The highest BCUT2D eigenvalue weighted by atomic mass is 35.5. The van der Waals surface area contributed by atoms with E-state index in [0.717, 1.165) is 22.4 Å². The van der Waals surface area contributed by atoms with E-state index in [1.807, 2.05) is 55.5 Å². The Bertz CT molecular complexity index is 940. The second kappa shape index (κ2) is 9.72. The number of hydrogen-bond acceptors (Lipinski definition) is 3. The first-order valence-corrected chi connectivity index (χ1v) is 9.34. The molecule has 1 aromatic heterocycles. The fraction of sp³-hybridized carbons (Fsp3) is 0.130. The van der Waals surface area contributed by atoms with Gasteiger partial charge in [-0.25, -0.2) is 0 Å². The van der Waals surface area contributed by atoms with Crippen LogP contribution in [-0.2, 0) is 11.4 Å². The summed E-state index contributed by atoms with van der Waals surface area (Å²) < 4.78 is 5.76. The van der Waals surface area contributed by atoms with Crippen LogP contribution < -0.4 is 10.1 Å². The Morgan fingerprint density at radius 2 is 2.00 bits per heavy atom. The molecule has 28 heavy (non-hydrogen) atoms. The van der Waals surface area contributed by atoms with Gasteiger partial charge < -0.3 is 10.1 Å². The van der Waals surface area contributed by atoms with Crippen LogP contribution in [0.5, 0.6) is 5.75 Å². The van der Waals surface area contributed by atoms with Gasteiger partial charge in [0, 0.05) is 29.1 Å². The lowest BCUT2D eigenvalue weighted by Gasteiger charge is -2.14. The summed E-state index contributed by atoms with van der Waals surface area (Å²) in [6.07, 6.45) is 6.76. The first-order chi connectivity index (χ1) is 13.6. The number of ether oxygens (including phenoxy) is 1. The molecule has 0 saturated carbocycles. The summed E-state index contributed by atoms with van der Waals surface area (Å²) in [4.78, 5) is 16.2. The molecule has 1 unspecified atom stereocenters. The van der Waals surface area contributed by atoms with Gasteiger partial charge in [0.25, 0.3) is 0 Å². The minimum atomic E-state index is -0.163. The standard InChI is InChI=1S/C23H21ClN2O2/c1-17(26-23(27)12-7-18-4-2-6-21(24)14-18)20-8-10-22(11-9-20)28-16-19-5-3-13-25-15-19/h2-15,17H,16H2,1H3,(H,26,27)/b12-7+. The summed E-state index contributed by atoms with van der Waals surface area (Å²) in [5, 5.41) is 3.59. The molecule has 0 spiro atoms. The van der Waals surface area contributed by atoms with Gasteiger partial charge in [0.15, 0.2) is 0 Å². The Balaban J connectivity index is 1.52. The average Bonchev–Trinajstić information content (AvgIpc) is 2.72. The second-order valence-corrected chi connectivity index (χ2v) is 6.77. The Morgan fingerprint density at radius 3 is 2.71 bits per heavy atom. The Morgan fingerprint density at radius 1 is 1.18 bits per heavy atom. The van der Waals surface area contributed by atoms with Gasteiger partial charge in [0.05, 0.1) is 6.04 Å². The molecule has 1 heterocycles. The Labute approximate surface area is 169 Å². The lowest BCUT2D eigenvalue weighted by Crippen LogP contribution is -2.24. The highest BCUT2D eigenvalue weighted by Gasteiger charge is 2.08. The van der Waals surface area contributed by atoms with Gasteiger partial charge in [-0.2, -0.15) is 0 Å². The molecule has 2 aromatic carbocycles. The lowest BCUT2D eigenvalue weighted by molar-refractivity contribution is -0.117. The quantitative estimate of drug-likeness (QED) is 0.562. The molecule has 1 N–H and O–H groups in total. The summed E-state index contributed by atoms with van der Waals surface area (Å²) in [6.45, 7) is 2.41. The molecule has 1 amide bonds. The minimum absolute atomic E-state index is 0.121. The van der Waals surface area contributed by atoms with E-state index >= 15 is 0 Å². The summed E-state index contributed by atoms with van der Waals surface area (Å²) in [5.41, 5.74) is 2.89. The van der Waals surface area contributed by atoms with Crippen LogP contribution in [0.3, 0.4) is 0 Å². The number of pyridine rings is 1. The largest absolute Gasteiger partial charge is 0.489 e. The number of hydrogen-bond donors (Lipinski definition) is 1. The third kappa shape index (κ3) is 5.96. The van der Waals surface area contributed by atoms with E-state index in [0.29, 0.717) is 11.6 Å². The van der Waals surface area contributed by atoms with Crippen molar-refractivity contribution in [3.63, 3.8) is 0 Å². The molecule has 3 rings (SSSR count). The van der Waals surface area contributed by atoms with Crippen molar-refractivity contribution >= 4 is 23.6 Å². The van der Waals surface area contributed by atoms with Crippen molar-refractivity contribution in [2.75, 3.05) is 0 Å². The van der Waals surface area contributed by atoms with Crippen LogP contribution in [0.1, 0.15) is 29.7 Å². The van der Waals surface area contributed by atoms with E-state index in [1.165, 1.54) is 6.08 Å². The number of carbonyl (C=O) groups excluding carboxylic acids is 1. The molecule has 142 valence electrons. The van der Waals surface area contributed by atoms with Crippen LogP contribution in [-0.4, -0.2) is 10.9 Å². The molecular weight excluding hydrogens is 372 g/mol. The fourth-order valence-corrected chi connectivity index (χ4v) is 2.83. The van der Waals surface area contributed by atoms with Crippen LogP contribution in [0.25, 0.3) is 6.08 Å².